The topological polar surface area (TPSA) is 60.7 Å². The van der Waals surface area contributed by atoms with Gasteiger partial charge in [-0.15, -0.1) is 0 Å². The summed E-state index contributed by atoms with van der Waals surface area (Å²) in [5.74, 6) is 0.237. The second kappa shape index (κ2) is 4.86. The normalized spacial score (nSPS) is 10.5. The first-order chi connectivity index (χ1) is 8.22. The van der Waals surface area contributed by atoms with Gasteiger partial charge < -0.3 is 4.57 Å². The van der Waals surface area contributed by atoms with Crippen LogP contribution in [0.2, 0.25) is 0 Å². The van der Waals surface area contributed by atoms with Crippen molar-refractivity contribution in [3.8, 4) is 0 Å². The quantitative estimate of drug-likeness (QED) is 0.749. The van der Waals surface area contributed by atoms with E-state index < -0.39 is 0 Å². The van der Waals surface area contributed by atoms with Gasteiger partial charge in [0.25, 0.3) is 0 Å². The maximum atomic E-state index is 12.1. The molecule has 0 unspecified atom stereocenters. The minimum absolute atomic E-state index is 0.184. The highest BCUT2D eigenvalue weighted by Crippen LogP contribution is 2.06. The van der Waals surface area contributed by atoms with Crippen molar-refractivity contribution < 1.29 is 4.79 Å². The van der Waals surface area contributed by atoms with Crippen molar-refractivity contribution in [3.63, 3.8) is 0 Å². The number of ketones is 1. The van der Waals surface area contributed by atoms with Crippen LogP contribution in [0.5, 0.6) is 0 Å². The molecular weight excluding hydrogens is 216 g/mol. The van der Waals surface area contributed by atoms with Crippen LogP contribution in [-0.4, -0.2) is 25.3 Å². The molecule has 2 aromatic heterocycles. The molecule has 0 spiro atoms. The van der Waals surface area contributed by atoms with Crippen molar-refractivity contribution in [2.75, 3.05) is 0 Å². The van der Waals surface area contributed by atoms with Gasteiger partial charge in [0, 0.05) is 25.1 Å². The van der Waals surface area contributed by atoms with E-state index in [9.17, 15) is 4.79 Å². The third kappa shape index (κ3) is 2.38. The van der Waals surface area contributed by atoms with Crippen molar-refractivity contribution in [3.05, 3.63) is 42.0 Å². The van der Waals surface area contributed by atoms with E-state index in [2.05, 4.69) is 21.9 Å². The number of aromatic nitrogens is 4. The molecule has 0 amide bonds. The van der Waals surface area contributed by atoms with Crippen LogP contribution >= 0.6 is 0 Å². The summed E-state index contributed by atoms with van der Waals surface area (Å²) in [5, 5.41) is 0. The van der Waals surface area contributed by atoms with Gasteiger partial charge in [0.2, 0.25) is 5.78 Å². The molecule has 0 saturated heterocycles. The lowest BCUT2D eigenvalue weighted by Crippen LogP contribution is -2.13. The number of carbonyl (C=O) groups excluding carboxylic acids is 1. The van der Waals surface area contributed by atoms with Gasteiger partial charge >= 0.3 is 0 Å². The number of hydrogen-bond donors (Lipinski definition) is 0. The van der Waals surface area contributed by atoms with Crippen LogP contribution in [-0.2, 0) is 6.54 Å². The summed E-state index contributed by atoms with van der Waals surface area (Å²) in [6.45, 7) is 4.67. The average molecular weight is 230 g/mol. The summed E-state index contributed by atoms with van der Waals surface area (Å²) in [4.78, 5) is 24.3. The van der Waals surface area contributed by atoms with E-state index in [4.69, 9.17) is 0 Å². The second-order valence-electron chi connectivity index (χ2n) is 3.82. The highest BCUT2D eigenvalue weighted by molar-refractivity contribution is 6.05. The Hall–Kier alpha value is -2.04. The Balaban J connectivity index is 2.30. The summed E-state index contributed by atoms with van der Waals surface area (Å²) in [6.07, 6.45) is 7.46. The molecular formula is C12H14N4O. The zero-order valence-corrected chi connectivity index (χ0v) is 9.92. The monoisotopic (exact) mass is 230 g/mol. The number of carbonyl (C=O) groups is 1. The smallest absolute Gasteiger partial charge is 0.248 e. The molecule has 0 N–H and O–H groups in total. The van der Waals surface area contributed by atoms with E-state index in [1.54, 1.807) is 18.6 Å². The highest BCUT2D eigenvalue weighted by atomic mass is 16.1. The van der Waals surface area contributed by atoms with Gasteiger partial charge in [-0.25, -0.2) is 9.97 Å². The lowest BCUT2D eigenvalue weighted by Gasteiger charge is -2.04. The molecule has 0 aromatic carbocycles. The molecule has 5 heteroatoms. The molecule has 0 aliphatic carbocycles. The molecule has 0 bridgehead atoms. The maximum Gasteiger partial charge on any atom is 0.248 e. The van der Waals surface area contributed by atoms with E-state index in [-0.39, 0.29) is 5.78 Å². The van der Waals surface area contributed by atoms with Gasteiger partial charge in [-0.05, 0) is 13.3 Å². The third-order valence-electron chi connectivity index (χ3n) is 2.40. The lowest BCUT2D eigenvalue weighted by molar-refractivity contribution is 0.102. The molecule has 0 aliphatic heterocycles. The predicted octanol–water partition coefficient (Wildman–Crippen LogP) is 1.62. The summed E-state index contributed by atoms with van der Waals surface area (Å²) in [7, 11) is 0. The fraction of sp³-hybridized carbons (Fsp3) is 0.333. The Morgan fingerprint density at radius 3 is 2.76 bits per heavy atom. The van der Waals surface area contributed by atoms with Gasteiger partial charge in [-0.2, -0.15) is 0 Å². The summed E-state index contributed by atoms with van der Waals surface area (Å²) in [6, 6.07) is 0. The molecule has 88 valence electrons. The highest BCUT2D eigenvalue weighted by Gasteiger charge is 2.16. The molecule has 5 nitrogen and oxygen atoms in total. The minimum Gasteiger partial charge on any atom is -0.328 e. The molecule has 0 saturated carbocycles. The number of rotatable bonds is 4. The van der Waals surface area contributed by atoms with Gasteiger partial charge in [0.1, 0.15) is 5.69 Å². The van der Waals surface area contributed by atoms with E-state index in [0.717, 1.165) is 18.7 Å². The SMILES string of the molecule is CCCn1ccnc1C(=O)c1cnc(C)cn1. The number of imidazole rings is 1. The average Bonchev–Trinajstić information content (AvgIpc) is 2.78. The Labute approximate surface area is 99.6 Å². The van der Waals surface area contributed by atoms with Gasteiger partial charge in [0.15, 0.2) is 5.82 Å². The largest absolute Gasteiger partial charge is 0.328 e. The Morgan fingerprint density at radius 1 is 1.29 bits per heavy atom. The minimum atomic E-state index is -0.184. The van der Waals surface area contributed by atoms with E-state index in [1.165, 1.54) is 6.20 Å². The first-order valence-electron chi connectivity index (χ1n) is 5.57. The van der Waals surface area contributed by atoms with Crippen LogP contribution in [0, 0.1) is 6.92 Å². The van der Waals surface area contributed by atoms with Crippen molar-refractivity contribution in [2.45, 2.75) is 26.8 Å². The van der Waals surface area contributed by atoms with Crippen LogP contribution < -0.4 is 0 Å². The standard InChI is InChI=1S/C12H14N4O/c1-3-5-16-6-4-13-12(16)11(17)10-8-14-9(2)7-15-10/h4,6-8H,3,5H2,1-2H3. The van der Waals surface area contributed by atoms with E-state index >= 15 is 0 Å². The van der Waals surface area contributed by atoms with Gasteiger partial charge in [-0.3, -0.25) is 9.78 Å². The fourth-order valence-corrected chi connectivity index (χ4v) is 1.56. The maximum absolute atomic E-state index is 12.1. The van der Waals surface area contributed by atoms with Crippen molar-refractivity contribution in [1.29, 1.82) is 0 Å². The number of nitrogens with zero attached hydrogens (tertiary/aromatic N) is 4. The molecule has 2 heterocycles. The number of hydrogen-bond acceptors (Lipinski definition) is 4. The molecule has 0 fully saturated rings. The van der Waals surface area contributed by atoms with Crippen molar-refractivity contribution in [1.82, 2.24) is 19.5 Å². The Kier molecular flexibility index (Phi) is 3.27. The molecule has 0 atom stereocenters. The van der Waals surface area contributed by atoms with Crippen LogP contribution in [0.15, 0.2) is 24.8 Å². The molecule has 0 radical (unpaired) electrons. The van der Waals surface area contributed by atoms with Crippen LogP contribution in [0.4, 0.5) is 0 Å². The van der Waals surface area contributed by atoms with Gasteiger partial charge in [-0.1, -0.05) is 6.92 Å². The van der Waals surface area contributed by atoms with E-state index in [0.29, 0.717) is 11.5 Å². The zero-order valence-electron chi connectivity index (χ0n) is 9.92. The Bertz CT molecular complexity index is 516. The summed E-state index contributed by atoms with van der Waals surface area (Å²) >= 11 is 0. The van der Waals surface area contributed by atoms with Crippen molar-refractivity contribution in [2.24, 2.45) is 0 Å². The fourth-order valence-electron chi connectivity index (χ4n) is 1.56. The van der Waals surface area contributed by atoms with Crippen LogP contribution in [0.25, 0.3) is 0 Å². The van der Waals surface area contributed by atoms with Gasteiger partial charge in [0.05, 0.1) is 11.9 Å². The first kappa shape index (κ1) is 11.4. The van der Waals surface area contributed by atoms with Crippen molar-refractivity contribution >= 4 is 5.78 Å². The second-order valence-corrected chi connectivity index (χ2v) is 3.82. The molecule has 2 aromatic rings. The summed E-state index contributed by atoms with van der Waals surface area (Å²) < 4.78 is 1.84. The Morgan fingerprint density at radius 2 is 2.12 bits per heavy atom. The number of aryl methyl sites for hydroxylation is 2. The van der Waals surface area contributed by atoms with E-state index in [1.807, 2.05) is 11.5 Å². The molecule has 0 aliphatic rings. The van der Waals surface area contributed by atoms with Crippen LogP contribution in [0.1, 0.15) is 35.4 Å². The summed E-state index contributed by atoms with van der Waals surface area (Å²) in [5.41, 5.74) is 1.12. The zero-order chi connectivity index (χ0) is 12.3. The van der Waals surface area contributed by atoms with Crippen LogP contribution in [0.3, 0.4) is 0 Å². The molecule has 2 rings (SSSR count). The first-order valence-corrected chi connectivity index (χ1v) is 5.57. The third-order valence-corrected chi connectivity index (χ3v) is 2.40. The lowest BCUT2D eigenvalue weighted by atomic mass is 10.2. The molecule has 17 heavy (non-hydrogen) atoms. The predicted molar refractivity (Wildman–Crippen MR) is 62.7 cm³/mol.